The van der Waals surface area contributed by atoms with E-state index in [1.54, 1.807) is 43.4 Å². The molecule has 1 aliphatic heterocycles. The molecule has 0 aromatic heterocycles. The van der Waals surface area contributed by atoms with E-state index in [0.717, 1.165) is 17.1 Å². The van der Waals surface area contributed by atoms with E-state index < -0.39 is 0 Å². The standard InChI is InChI=1S/C22H22N2O4S2/c1-27-17-9-5-15(6-10-17)14-19-21(26)24(22(29)30-19)13-3-4-20(25)23-16-7-11-18(28-2)12-8-16/h5-12,14H,3-4,13H2,1-2H3,(H,23,25)/b19-14-. The Balaban J connectivity index is 1.51. The van der Waals surface area contributed by atoms with Crippen molar-refractivity contribution in [3.63, 3.8) is 0 Å². The van der Waals surface area contributed by atoms with Crippen molar-refractivity contribution in [2.24, 2.45) is 0 Å². The lowest BCUT2D eigenvalue weighted by Gasteiger charge is -2.14. The predicted octanol–water partition coefficient (Wildman–Crippen LogP) is 4.32. The van der Waals surface area contributed by atoms with Gasteiger partial charge in [0.05, 0.1) is 19.1 Å². The molecular formula is C22H22N2O4S2. The number of hydrogen-bond donors (Lipinski definition) is 1. The lowest BCUT2D eigenvalue weighted by Crippen LogP contribution is -2.29. The maximum atomic E-state index is 12.7. The highest BCUT2D eigenvalue weighted by Crippen LogP contribution is 2.33. The third kappa shape index (κ3) is 5.61. The molecule has 8 heteroatoms. The molecular weight excluding hydrogens is 420 g/mol. The zero-order chi connectivity index (χ0) is 21.5. The fourth-order valence-electron chi connectivity index (χ4n) is 2.84. The summed E-state index contributed by atoms with van der Waals surface area (Å²) in [6.07, 6.45) is 2.62. The third-order valence-corrected chi connectivity index (χ3v) is 5.82. The summed E-state index contributed by atoms with van der Waals surface area (Å²) < 4.78 is 10.8. The molecule has 0 atom stereocenters. The molecule has 6 nitrogen and oxygen atoms in total. The van der Waals surface area contributed by atoms with Crippen molar-refractivity contribution in [1.82, 2.24) is 4.90 Å². The summed E-state index contributed by atoms with van der Waals surface area (Å²) in [6.45, 7) is 0.403. The van der Waals surface area contributed by atoms with E-state index in [1.807, 2.05) is 30.3 Å². The molecule has 0 aliphatic carbocycles. The first kappa shape index (κ1) is 21.9. The minimum absolute atomic E-state index is 0.112. The topological polar surface area (TPSA) is 67.9 Å². The van der Waals surface area contributed by atoms with Gasteiger partial charge in [0.2, 0.25) is 5.91 Å². The van der Waals surface area contributed by atoms with E-state index >= 15 is 0 Å². The summed E-state index contributed by atoms with van der Waals surface area (Å²) in [4.78, 5) is 27.0. The Morgan fingerprint density at radius 2 is 1.67 bits per heavy atom. The number of nitrogens with one attached hydrogen (secondary N) is 1. The lowest BCUT2D eigenvalue weighted by atomic mass is 10.2. The molecule has 2 amide bonds. The lowest BCUT2D eigenvalue weighted by molar-refractivity contribution is -0.122. The fraction of sp³-hybridized carbons (Fsp3) is 0.227. The Hall–Kier alpha value is -2.84. The van der Waals surface area contributed by atoms with Crippen LogP contribution in [-0.2, 0) is 9.59 Å². The second-order valence-electron chi connectivity index (χ2n) is 6.49. The van der Waals surface area contributed by atoms with Crippen molar-refractivity contribution in [2.75, 3.05) is 26.1 Å². The van der Waals surface area contributed by atoms with E-state index in [2.05, 4.69) is 5.32 Å². The van der Waals surface area contributed by atoms with Crippen molar-refractivity contribution < 1.29 is 19.1 Å². The molecule has 1 fully saturated rings. The van der Waals surface area contributed by atoms with E-state index in [-0.39, 0.29) is 11.8 Å². The van der Waals surface area contributed by atoms with Crippen LogP contribution in [-0.4, -0.2) is 41.8 Å². The van der Waals surface area contributed by atoms with Gasteiger partial charge in [-0.1, -0.05) is 36.1 Å². The summed E-state index contributed by atoms with van der Waals surface area (Å²) in [6, 6.07) is 14.6. The Kier molecular flexibility index (Phi) is 7.48. The average Bonchev–Trinajstić information content (AvgIpc) is 3.02. The molecule has 0 saturated carbocycles. The van der Waals surface area contributed by atoms with Crippen LogP contribution >= 0.6 is 24.0 Å². The molecule has 1 aliphatic rings. The quantitative estimate of drug-likeness (QED) is 0.485. The molecule has 3 rings (SSSR count). The number of benzene rings is 2. The molecule has 0 spiro atoms. The Morgan fingerprint density at radius 1 is 1.07 bits per heavy atom. The maximum absolute atomic E-state index is 12.7. The normalized spacial score (nSPS) is 14.9. The summed E-state index contributed by atoms with van der Waals surface area (Å²) in [5.41, 5.74) is 1.60. The van der Waals surface area contributed by atoms with Gasteiger partial charge in [-0.3, -0.25) is 14.5 Å². The molecule has 1 N–H and O–H groups in total. The van der Waals surface area contributed by atoms with Gasteiger partial charge in [0.25, 0.3) is 5.91 Å². The predicted molar refractivity (Wildman–Crippen MR) is 124 cm³/mol. The molecule has 1 saturated heterocycles. The van der Waals surface area contributed by atoms with Crippen molar-refractivity contribution >= 4 is 51.9 Å². The van der Waals surface area contributed by atoms with Gasteiger partial charge in [-0.15, -0.1) is 0 Å². The van der Waals surface area contributed by atoms with Gasteiger partial charge in [-0.05, 0) is 54.5 Å². The van der Waals surface area contributed by atoms with Crippen LogP contribution in [0.4, 0.5) is 5.69 Å². The number of nitrogens with zero attached hydrogens (tertiary/aromatic N) is 1. The highest BCUT2D eigenvalue weighted by molar-refractivity contribution is 8.26. The van der Waals surface area contributed by atoms with E-state index in [9.17, 15) is 9.59 Å². The second-order valence-corrected chi connectivity index (χ2v) is 8.16. The average molecular weight is 443 g/mol. The van der Waals surface area contributed by atoms with Crippen molar-refractivity contribution in [3.05, 3.63) is 59.0 Å². The van der Waals surface area contributed by atoms with Crippen LogP contribution < -0.4 is 14.8 Å². The maximum Gasteiger partial charge on any atom is 0.266 e. The second kappa shape index (κ2) is 10.3. The van der Waals surface area contributed by atoms with Gasteiger partial charge in [-0.25, -0.2) is 0 Å². The van der Waals surface area contributed by atoms with Crippen LogP contribution in [0.25, 0.3) is 6.08 Å². The van der Waals surface area contributed by atoms with Crippen LogP contribution in [0.5, 0.6) is 11.5 Å². The molecule has 156 valence electrons. The number of amides is 2. The Labute approximate surface area is 185 Å². The minimum atomic E-state index is -0.128. The number of carbonyl (C=O) groups excluding carboxylic acids is 2. The van der Waals surface area contributed by atoms with Crippen LogP contribution in [0.1, 0.15) is 18.4 Å². The smallest absolute Gasteiger partial charge is 0.266 e. The molecule has 0 unspecified atom stereocenters. The summed E-state index contributed by atoms with van der Waals surface area (Å²) in [5, 5.41) is 2.83. The summed E-state index contributed by atoms with van der Waals surface area (Å²) in [7, 11) is 3.20. The van der Waals surface area contributed by atoms with Crippen molar-refractivity contribution in [1.29, 1.82) is 0 Å². The molecule has 0 radical (unpaired) electrons. The first-order chi connectivity index (χ1) is 14.5. The number of rotatable bonds is 8. The Morgan fingerprint density at radius 3 is 2.27 bits per heavy atom. The van der Waals surface area contributed by atoms with Gasteiger partial charge in [0, 0.05) is 18.7 Å². The highest BCUT2D eigenvalue weighted by atomic mass is 32.2. The molecule has 0 bridgehead atoms. The zero-order valence-corrected chi connectivity index (χ0v) is 18.3. The van der Waals surface area contributed by atoms with E-state index in [0.29, 0.717) is 34.3 Å². The molecule has 2 aromatic rings. The first-order valence-electron chi connectivity index (χ1n) is 9.33. The Bertz CT molecular complexity index is 956. The first-order valence-corrected chi connectivity index (χ1v) is 10.6. The largest absolute Gasteiger partial charge is 0.497 e. The molecule has 30 heavy (non-hydrogen) atoms. The zero-order valence-electron chi connectivity index (χ0n) is 16.7. The summed E-state index contributed by atoms with van der Waals surface area (Å²) in [5.74, 6) is 1.24. The number of anilines is 1. The SMILES string of the molecule is COc1ccc(/C=C2\SC(=S)N(CCCC(=O)Nc3ccc(OC)cc3)C2=O)cc1. The van der Waals surface area contributed by atoms with Gasteiger partial charge < -0.3 is 14.8 Å². The summed E-state index contributed by atoms with van der Waals surface area (Å²) >= 11 is 6.63. The number of hydrogen-bond acceptors (Lipinski definition) is 6. The number of thiocarbonyl (C=S) groups is 1. The minimum Gasteiger partial charge on any atom is -0.497 e. The number of carbonyl (C=O) groups is 2. The number of ether oxygens (including phenoxy) is 2. The van der Waals surface area contributed by atoms with Crippen LogP contribution in [0.3, 0.4) is 0 Å². The number of thioether (sulfide) groups is 1. The highest BCUT2D eigenvalue weighted by Gasteiger charge is 2.31. The number of methoxy groups -OCH3 is 2. The fourth-order valence-corrected chi connectivity index (χ4v) is 4.15. The van der Waals surface area contributed by atoms with E-state index in [1.165, 1.54) is 11.8 Å². The van der Waals surface area contributed by atoms with Gasteiger partial charge >= 0.3 is 0 Å². The van der Waals surface area contributed by atoms with Gasteiger partial charge in [-0.2, -0.15) is 0 Å². The van der Waals surface area contributed by atoms with Gasteiger partial charge in [0.15, 0.2) is 0 Å². The monoisotopic (exact) mass is 442 g/mol. The van der Waals surface area contributed by atoms with Crippen molar-refractivity contribution in [2.45, 2.75) is 12.8 Å². The van der Waals surface area contributed by atoms with E-state index in [4.69, 9.17) is 21.7 Å². The van der Waals surface area contributed by atoms with Crippen molar-refractivity contribution in [3.8, 4) is 11.5 Å². The molecule has 1 heterocycles. The molecule has 2 aromatic carbocycles. The van der Waals surface area contributed by atoms with Crippen LogP contribution in [0, 0.1) is 0 Å². The van der Waals surface area contributed by atoms with Crippen LogP contribution in [0.15, 0.2) is 53.4 Å². The van der Waals surface area contributed by atoms with Crippen LogP contribution in [0.2, 0.25) is 0 Å². The third-order valence-electron chi connectivity index (χ3n) is 4.45. The van der Waals surface area contributed by atoms with Gasteiger partial charge in [0.1, 0.15) is 15.8 Å².